The third-order valence-electron chi connectivity index (χ3n) is 3.70. The third-order valence-corrected chi connectivity index (χ3v) is 3.70. The molecule has 1 N–H and O–H groups in total. The average Bonchev–Trinajstić information content (AvgIpc) is 2.41. The number of hydrogen-bond acceptors (Lipinski definition) is 3. The van der Waals surface area contributed by atoms with Crippen LogP contribution in [0.4, 0.5) is 5.69 Å². The van der Waals surface area contributed by atoms with Gasteiger partial charge in [0.2, 0.25) is 0 Å². The molecule has 1 aromatic rings. The topological polar surface area (TPSA) is 30.5 Å². The molecule has 3 nitrogen and oxygen atoms in total. The molecule has 2 atom stereocenters. The molecule has 100 valence electrons. The monoisotopic (exact) mass is 249 g/mol. The predicted octanol–water partition coefficient (Wildman–Crippen LogP) is 3.37. The number of nitrogens with one attached hydrogen (secondary N) is 1. The van der Waals surface area contributed by atoms with Crippen molar-refractivity contribution in [3.63, 3.8) is 0 Å². The number of benzene rings is 1. The lowest BCUT2D eigenvalue weighted by Gasteiger charge is -2.32. The number of methoxy groups -OCH3 is 2. The van der Waals surface area contributed by atoms with Crippen molar-refractivity contribution in [2.24, 2.45) is 0 Å². The number of anilines is 1. The summed E-state index contributed by atoms with van der Waals surface area (Å²) in [5.41, 5.74) is 2.28. The second-order valence-electron chi connectivity index (χ2n) is 5.01. The van der Waals surface area contributed by atoms with Crippen molar-refractivity contribution in [2.75, 3.05) is 19.5 Å². The molecule has 0 saturated heterocycles. The Balaban J connectivity index is 2.12. The molecule has 1 aliphatic rings. The highest BCUT2D eigenvalue weighted by Gasteiger charge is 2.25. The van der Waals surface area contributed by atoms with Gasteiger partial charge in [0.15, 0.2) is 0 Å². The minimum absolute atomic E-state index is 0.310. The molecule has 3 heteroatoms. The van der Waals surface area contributed by atoms with Crippen LogP contribution in [0.25, 0.3) is 0 Å². The molecule has 1 aliphatic carbocycles. The molecule has 18 heavy (non-hydrogen) atoms. The average molecular weight is 249 g/mol. The molecule has 2 rings (SSSR count). The second kappa shape index (κ2) is 6.10. The lowest BCUT2D eigenvalue weighted by Crippen LogP contribution is -2.37. The van der Waals surface area contributed by atoms with Crippen LogP contribution in [0.2, 0.25) is 0 Å². The van der Waals surface area contributed by atoms with Crippen molar-refractivity contribution in [1.29, 1.82) is 0 Å². The van der Waals surface area contributed by atoms with E-state index in [9.17, 15) is 0 Å². The Morgan fingerprint density at radius 2 is 1.94 bits per heavy atom. The Kier molecular flexibility index (Phi) is 4.48. The van der Waals surface area contributed by atoms with Crippen LogP contribution >= 0.6 is 0 Å². The maximum atomic E-state index is 5.57. The molecular weight excluding hydrogens is 226 g/mol. The molecule has 1 fully saturated rings. The fraction of sp³-hybridized carbons (Fsp3) is 0.600. The summed E-state index contributed by atoms with van der Waals surface area (Å²) in [4.78, 5) is 0. The maximum absolute atomic E-state index is 5.57. The zero-order valence-corrected chi connectivity index (χ0v) is 11.5. The first-order chi connectivity index (χ1) is 8.74. The fourth-order valence-corrected chi connectivity index (χ4v) is 2.66. The summed E-state index contributed by atoms with van der Waals surface area (Å²) < 4.78 is 11.0. The van der Waals surface area contributed by atoms with Crippen LogP contribution in [-0.4, -0.2) is 26.4 Å². The Morgan fingerprint density at radius 3 is 2.67 bits per heavy atom. The van der Waals surface area contributed by atoms with Gasteiger partial charge in [-0.25, -0.2) is 0 Å². The molecule has 0 amide bonds. The Bertz CT molecular complexity index is 392. The van der Waals surface area contributed by atoms with Crippen LogP contribution in [0.1, 0.15) is 31.2 Å². The third kappa shape index (κ3) is 2.96. The number of rotatable bonds is 4. The van der Waals surface area contributed by atoms with Gasteiger partial charge < -0.3 is 14.8 Å². The van der Waals surface area contributed by atoms with Gasteiger partial charge in [-0.2, -0.15) is 0 Å². The summed E-state index contributed by atoms with van der Waals surface area (Å²) in [5, 5.41) is 3.58. The van der Waals surface area contributed by atoms with Gasteiger partial charge in [0.1, 0.15) is 5.75 Å². The van der Waals surface area contributed by atoms with Gasteiger partial charge in [-0.3, -0.25) is 0 Å². The molecule has 0 heterocycles. The van der Waals surface area contributed by atoms with Crippen molar-refractivity contribution < 1.29 is 9.47 Å². The van der Waals surface area contributed by atoms with E-state index in [1.54, 1.807) is 14.2 Å². The van der Waals surface area contributed by atoms with Crippen LogP contribution in [0.15, 0.2) is 18.2 Å². The van der Waals surface area contributed by atoms with Gasteiger partial charge in [0.05, 0.1) is 24.9 Å². The largest absolute Gasteiger partial charge is 0.495 e. The van der Waals surface area contributed by atoms with E-state index >= 15 is 0 Å². The SMILES string of the molecule is COc1cc(C)ccc1NC1CCCCC1OC. The number of ether oxygens (including phenoxy) is 2. The Hall–Kier alpha value is -1.22. The molecule has 0 spiro atoms. The lowest BCUT2D eigenvalue weighted by atomic mass is 9.92. The fourth-order valence-electron chi connectivity index (χ4n) is 2.66. The highest BCUT2D eigenvalue weighted by molar-refractivity contribution is 5.58. The maximum Gasteiger partial charge on any atom is 0.142 e. The number of aryl methyl sites for hydroxylation is 1. The summed E-state index contributed by atoms with van der Waals surface area (Å²) in [6, 6.07) is 6.65. The number of hydrogen-bond donors (Lipinski definition) is 1. The highest BCUT2D eigenvalue weighted by atomic mass is 16.5. The summed E-state index contributed by atoms with van der Waals surface area (Å²) in [7, 11) is 3.52. The lowest BCUT2D eigenvalue weighted by molar-refractivity contribution is 0.0605. The molecular formula is C15H23NO2. The molecule has 1 aromatic carbocycles. The van der Waals surface area contributed by atoms with Crippen LogP contribution in [0.3, 0.4) is 0 Å². The van der Waals surface area contributed by atoms with E-state index in [0.29, 0.717) is 12.1 Å². The first-order valence-electron chi connectivity index (χ1n) is 6.68. The van der Waals surface area contributed by atoms with Gasteiger partial charge >= 0.3 is 0 Å². The standard InChI is InChI=1S/C15H23NO2/c1-11-8-9-13(15(10-11)18-3)16-12-6-4-5-7-14(12)17-2/h8-10,12,14,16H,4-7H2,1-3H3. The van der Waals surface area contributed by atoms with E-state index in [2.05, 4.69) is 30.4 Å². The van der Waals surface area contributed by atoms with E-state index in [1.807, 2.05) is 0 Å². The van der Waals surface area contributed by atoms with Crippen molar-refractivity contribution in [3.8, 4) is 5.75 Å². The van der Waals surface area contributed by atoms with Crippen molar-refractivity contribution in [2.45, 2.75) is 44.8 Å². The summed E-state index contributed by atoms with van der Waals surface area (Å²) in [6.45, 7) is 2.07. The van der Waals surface area contributed by atoms with E-state index < -0.39 is 0 Å². The van der Waals surface area contributed by atoms with Gasteiger partial charge in [-0.1, -0.05) is 18.9 Å². The minimum Gasteiger partial charge on any atom is -0.495 e. The van der Waals surface area contributed by atoms with Crippen LogP contribution in [0.5, 0.6) is 5.75 Å². The van der Waals surface area contributed by atoms with Gasteiger partial charge in [-0.15, -0.1) is 0 Å². The predicted molar refractivity (Wildman–Crippen MR) is 74.4 cm³/mol. The quantitative estimate of drug-likeness (QED) is 0.887. The first-order valence-corrected chi connectivity index (χ1v) is 6.68. The van der Waals surface area contributed by atoms with Gasteiger partial charge in [-0.05, 0) is 37.5 Å². The van der Waals surface area contributed by atoms with Crippen molar-refractivity contribution in [3.05, 3.63) is 23.8 Å². The van der Waals surface area contributed by atoms with E-state index in [1.165, 1.54) is 18.4 Å². The molecule has 0 radical (unpaired) electrons. The van der Waals surface area contributed by atoms with Crippen LogP contribution < -0.4 is 10.1 Å². The molecule has 0 aliphatic heterocycles. The van der Waals surface area contributed by atoms with E-state index in [-0.39, 0.29) is 0 Å². The zero-order chi connectivity index (χ0) is 13.0. The minimum atomic E-state index is 0.310. The van der Waals surface area contributed by atoms with Gasteiger partial charge in [0.25, 0.3) is 0 Å². The Morgan fingerprint density at radius 1 is 1.17 bits per heavy atom. The highest BCUT2D eigenvalue weighted by Crippen LogP contribution is 2.30. The Labute approximate surface area is 109 Å². The smallest absolute Gasteiger partial charge is 0.142 e. The molecule has 1 saturated carbocycles. The molecule has 0 aromatic heterocycles. The summed E-state index contributed by atoms with van der Waals surface area (Å²) in [6.07, 6.45) is 5.15. The molecule has 2 unspecified atom stereocenters. The first kappa shape index (κ1) is 13.2. The van der Waals surface area contributed by atoms with Crippen LogP contribution in [0, 0.1) is 6.92 Å². The van der Waals surface area contributed by atoms with Gasteiger partial charge in [0, 0.05) is 7.11 Å². The zero-order valence-electron chi connectivity index (χ0n) is 11.5. The summed E-state index contributed by atoms with van der Waals surface area (Å²) in [5.74, 6) is 0.912. The van der Waals surface area contributed by atoms with Crippen LogP contribution in [-0.2, 0) is 4.74 Å². The molecule has 0 bridgehead atoms. The normalized spacial score (nSPS) is 23.7. The van der Waals surface area contributed by atoms with Crippen molar-refractivity contribution in [1.82, 2.24) is 0 Å². The summed E-state index contributed by atoms with van der Waals surface area (Å²) >= 11 is 0. The van der Waals surface area contributed by atoms with E-state index in [4.69, 9.17) is 9.47 Å². The second-order valence-corrected chi connectivity index (χ2v) is 5.01. The van der Waals surface area contributed by atoms with E-state index in [0.717, 1.165) is 24.3 Å². The van der Waals surface area contributed by atoms with Crippen molar-refractivity contribution >= 4 is 5.69 Å².